The molecular formula is C14H19N3O3. The molecule has 0 bridgehead atoms. The molecule has 6 nitrogen and oxygen atoms in total. The highest BCUT2D eigenvalue weighted by molar-refractivity contribution is 5.70. The van der Waals surface area contributed by atoms with Crippen molar-refractivity contribution in [1.29, 1.82) is 0 Å². The molecule has 1 unspecified atom stereocenters. The summed E-state index contributed by atoms with van der Waals surface area (Å²) < 4.78 is 15.9. The number of nitrogens with two attached hydrogens (primary N) is 1. The fourth-order valence-electron chi connectivity index (χ4n) is 1.99. The van der Waals surface area contributed by atoms with Crippen molar-refractivity contribution in [3.8, 4) is 23.0 Å². The van der Waals surface area contributed by atoms with Gasteiger partial charge in [-0.3, -0.25) is 0 Å². The molecular weight excluding hydrogens is 258 g/mol. The highest BCUT2D eigenvalue weighted by Gasteiger charge is 2.20. The molecule has 0 saturated carbocycles. The lowest BCUT2D eigenvalue weighted by Crippen LogP contribution is -2.11. The summed E-state index contributed by atoms with van der Waals surface area (Å²) in [6.07, 6.45) is 1.77. The van der Waals surface area contributed by atoms with E-state index >= 15 is 0 Å². The maximum absolute atomic E-state index is 5.99. The van der Waals surface area contributed by atoms with Crippen molar-refractivity contribution in [3.63, 3.8) is 0 Å². The largest absolute Gasteiger partial charge is 0.496 e. The highest BCUT2D eigenvalue weighted by atomic mass is 16.5. The number of hydrogen-bond acceptors (Lipinski definition) is 6. The van der Waals surface area contributed by atoms with E-state index in [2.05, 4.69) is 17.1 Å². The van der Waals surface area contributed by atoms with Gasteiger partial charge in [0.15, 0.2) is 5.82 Å². The molecule has 0 radical (unpaired) electrons. The molecule has 1 aromatic carbocycles. The Hall–Kier alpha value is -2.08. The van der Waals surface area contributed by atoms with Gasteiger partial charge >= 0.3 is 0 Å². The first-order chi connectivity index (χ1) is 9.71. The summed E-state index contributed by atoms with van der Waals surface area (Å²) in [5.41, 5.74) is 6.63. The SMILES string of the molecule is CCCC(N)c1noc(-c2c(OC)cccc2OC)n1. The number of ether oxygens (including phenoxy) is 2. The zero-order chi connectivity index (χ0) is 14.5. The van der Waals surface area contributed by atoms with Gasteiger partial charge in [0, 0.05) is 0 Å². The van der Waals surface area contributed by atoms with Gasteiger partial charge in [-0.2, -0.15) is 4.98 Å². The monoisotopic (exact) mass is 277 g/mol. The first-order valence-corrected chi connectivity index (χ1v) is 6.51. The van der Waals surface area contributed by atoms with E-state index in [1.54, 1.807) is 14.2 Å². The number of methoxy groups -OCH3 is 2. The van der Waals surface area contributed by atoms with Gasteiger partial charge in [0.1, 0.15) is 17.1 Å². The molecule has 2 rings (SSSR count). The zero-order valence-electron chi connectivity index (χ0n) is 11.9. The van der Waals surface area contributed by atoms with Gasteiger partial charge in [-0.25, -0.2) is 0 Å². The maximum Gasteiger partial charge on any atom is 0.265 e. The molecule has 0 aliphatic heterocycles. The van der Waals surface area contributed by atoms with E-state index in [-0.39, 0.29) is 6.04 Å². The fraction of sp³-hybridized carbons (Fsp3) is 0.429. The molecule has 2 aromatic rings. The summed E-state index contributed by atoms with van der Waals surface area (Å²) in [5.74, 6) is 2.07. The van der Waals surface area contributed by atoms with Crippen LogP contribution in [0.2, 0.25) is 0 Å². The van der Waals surface area contributed by atoms with Crippen LogP contribution in [0.5, 0.6) is 11.5 Å². The quantitative estimate of drug-likeness (QED) is 0.873. The van der Waals surface area contributed by atoms with Crippen molar-refractivity contribution in [2.45, 2.75) is 25.8 Å². The van der Waals surface area contributed by atoms with Crippen LogP contribution in [0, 0.1) is 0 Å². The molecule has 0 fully saturated rings. The van der Waals surface area contributed by atoms with Gasteiger partial charge in [-0.05, 0) is 18.6 Å². The number of benzene rings is 1. The Morgan fingerprint density at radius 3 is 2.45 bits per heavy atom. The first kappa shape index (κ1) is 14.3. The fourth-order valence-corrected chi connectivity index (χ4v) is 1.99. The highest BCUT2D eigenvalue weighted by Crippen LogP contribution is 2.37. The van der Waals surface area contributed by atoms with E-state index in [0.717, 1.165) is 12.8 Å². The van der Waals surface area contributed by atoms with Gasteiger partial charge in [-0.1, -0.05) is 24.6 Å². The van der Waals surface area contributed by atoms with E-state index in [0.29, 0.717) is 28.8 Å². The molecule has 0 amide bonds. The maximum atomic E-state index is 5.99. The van der Waals surface area contributed by atoms with Crippen molar-refractivity contribution in [3.05, 3.63) is 24.0 Å². The van der Waals surface area contributed by atoms with Crippen LogP contribution in [0.1, 0.15) is 31.6 Å². The Bertz CT molecular complexity index is 546. The lowest BCUT2D eigenvalue weighted by molar-refractivity contribution is 0.383. The second kappa shape index (κ2) is 6.38. The molecule has 0 saturated heterocycles. The standard InChI is InChI=1S/C14H19N3O3/c1-4-6-9(15)13-16-14(20-17-13)12-10(18-2)7-5-8-11(12)19-3/h5,7-9H,4,6,15H2,1-3H3. The van der Waals surface area contributed by atoms with E-state index in [4.69, 9.17) is 19.7 Å². The molecule has 1 heterocycles. The zero-order valence-corrected chi connectivity index (χ0v) is 11.9. The molecule has 2 N–H and O–H groups in total. The third-order valence-electron chi connectivity index (χ3n) is 3.01. The van der Waals surface area contributed by atoms with Crippen molar-refractivity contribution >= 4 is 0 Å². The Balaban J connectivity index is 2.41. The van der Waals surface area contributed by atoms with Crippen LogP contribution in [-0.4, -0.2) is 24.4 Å². The summed E-state index contributed by atoms with van der Waals surface area (Å²) in [5, 5.41) is 3.94. The molecule has 6 heteroatoms. The van der Waals surface area contributed by atoms with E-state index in [1.807, 2.05) is 18.2 Å². The lowest BCUT2D eigenvalue weighted by atomic mass is 10.1. The number of rotatable bonds is 6. The lowest BCUT2D eigenvalue weighted by Gasteiger charge is -2.09. The number of nitrogens with zero attached hydrogens (tertiary/aromatic N) is 2. The molecule has 0 spiro atoms. The minimum absolute atomic E-state index is 0.224. The molecule has 1 aromatic heterocycles. The second-order valence-electron chi connectivity index (χ2n) is 4.39. The van der Waals surface area contributed by atoms with Gasteiger partial charge in [-0.15, -0.1) is 0 Å². The van der Waals surface area contributed by atoms with Crippen LogP contribution in [-0.2, 0) is 0 Å². The van der Waals surface area contributed by atoms with Crippen molar-refractivity contribution in [1.82, 2.24) is 10.1 Å². The second-order valence-corrected chi connectivity index (χ2v) is 4.39. The van der Waals surface area contributed by atoms with Crippen molar-refractivity contribution < 1.29 is 14.0 Å². The molecule has 0 aliphatic rings. The average Bonchev–Trinajstić information content (AvgIpc) is 2.96. The van der Waals surface area contributed by atoms with E-state index < -0.39 is 0 Å². The normalized spacial score (nSPS) is 12.2. The Morgan fingerprint density at radius 1 is 1.25 bits per heavy atom. The summed E-state index contributed by atoms with van der Waals surface area (Å²) in [6.45, 7) is 2.06. The summed E-state index contributed by atoms with van der Waals surface area (Å²) in [4.78, 5) is 4.35. The predicted molar refractivity (Wildman–Crippen MR) is 74.7 cm³/mol. The molecule has 20 heavy (non-hydrogen) atoms. The third kappa shape index (κ3) is 2.75. The summed E-state index contributed by atoms with van der Waals surface area (Å²) >= 11 is 0. The number of aromatic nitrogens is 2. The third-order valence-corrected chi connectivity index (χ3v) is 3.01. The van der Waals surface area contributed by atoms with Gasteiger partial charge in [0.25, 0.3) is 5.89 Å². The van der Waals surface area contributed by atoms with Gasteiger partial charge < -0.3 is 19.7 Å². The van der Waals surface area contributed by atoms with Crippen LogP contribution in [0.4, 0.5) is 0 Å². The summed E-state index contributed by atoms with van der Waals surface area (Å²) in [6, 6.07) is 5.24. The molecule has 0 aliphatic carbocycles. The Morgan fingerprint density at radius 2 is 1.90 bits per heavy atom. The van der Waals surface area contributed by atoms with Crippen LogP contribution >= 0.6 is 0 Å². The minimum atomic E-state index is -0.224. The van der Waals surface area contributed by atoms with Crippen LogP contribution in [0.15, 0.2) is 22.7 Å². The Labute approximate surface area is 117 Å². The average molecular weight is 277 g/mol. The Kier molecular flexibility index (Phi) is 4.57. The first-order valence-electron chi connectivity index (χ1n) is 6.51. The number of hydrogen-bond donors (Lipinski definition) is 1. The van der Waals surface area contributed by atoms with Crippen molar-refractivity contribution in [2.24, 2.45) is 5.73 Å². The smallest absolute Gasteiger partial charge is 0.265 e. The minimum Gasteiger partial charge on any atom is -0.496 e. The topological polar surface area (TPSA) is 83.4 Å². The van der Waals surface area contributed by atoms with E-state index in [1.165, 1.54) is 0 Å². The van der Waals surface area contributed by atoms with Crippen LogP contribution in [0.3, 0.4) is 0 Å². The summed E-state index contributed by atoms with van der Waals surface area (Å²) in [7, 11) is 3.16. The van der Waals surface area contributed by atoms with Crippen LogP contribution in [0.25, 0.3) is 11.5 Å². The van der Waals surface area contributed by atoms with Gasteiger partial charge in [0.2, 0.25) is 0 Å². The van der Waals surface area contributed by atoms with Gasteiger partial charge in [0.05, 0.1) is 20.3 Å². The predicted octanol–water partition coefficient (Wildman–Crippen LogP) is 2.55. The molecule has 1 atom stereocenters. The van der Waals surface area contributed by atoms with Crippen molar-refractivity contribution in [2.75, 3.05) is 14.2 Å². The van der Waals surface area contributed by atoms with E-state index in [9.17, 15) is 0 Å². The molecule has 108 valence electrons. The van der Waals surface area contributed by atoms with Crippen LogP contribution < -0.4 is 15.2 Å².